The van der Waals surface area contributed by atoms with E-state index in [0.717, 1.165) is 12.0 Å². The summed E-state index contributed by atoms with van der Waals surface area (Å²) in [5.74, 6) is 0.0540. The number of nitro groups is 1. The second kappa shape index (κ2) is 6.63. The molecule has 1 rings (SSSR count). The molecule has 1 atom stereocenters. The lowest BCUT2D eigenvalue weighted by Gasteiger charge is -2.16. The van der Waals surface area contributed by atoms with Crippen molar-refractivity contribution in [1.82, 2.24) is 5.32 Å². The Morgan fingerprint density at radius 2 is 2.11 bits per heavy atom. The van der Waals surface area contributed by atoms with E-state index in [4.69, 9.17) is 0 Å². The first-order valence-corrected chi connectivity index (χ1v) is 8.05. The molecule has 0 spiro atoms. The number of benzene rings is 1. The summed E-state index contributed by atoms with van der Waals surface area (Å²) in [5, 5.41) is 13.8. The van der Waals surface area contributed by atoms with Crippen LogP contribution in [0.25, 0.3) is 0 Å². The normalized spacial score (nSPS) is 13.2. The van der Waals surface area contributed by atoms with Gasteiger partial charge in [0, 0.05) is 31.0 Å². The SMILES string of the molecule is CCC(NCCS(C)(=O)=O)c1cccc([N+](=O)[O-])c1. The molecular weight excluding hydrogens is 268 g/mol. The molecule has 0 aliphatic heterocycles. The van der Waals surface area contributed by atoms with Crippen molar-refractivity contribution in [3.8, 4) is 0 Å². The molecule has 0 amide bonds. The molecule has 1 unspecified atom stereocenters. The number of nitrogens with zero attached hydrogens (tertiary/aromatic N) is 1. The minimum absolute atomic E-state index is 0.0425. The van der Waals surface area contributed by atoms with Crippen LogP contribution in [-0.2, 0) is 9.84 Å². The molecule has 0 fully saturated rings. The Kier molecular flexibility index (Phi) is 5.44. The van der Waals surface area contributed by atoms with Gasteiger partial charge in [-0.15, -0.1) is 0 Å². The second-order valence-electron chi connectivity index (χ2n) is 4.40. The van der Waals surface area contributed by atoms with Crippen molar-refractivity contribution >= 4 is 15.5 Å². The van der Waals surface area contributed by atoms with E-state index in [1.165, 1.54) is 18.4 Å². The number of nitrogens with one attached hydrogen (secondary N) is 1. The maximum atomic E-state index is 11.1. The van der Waals surface area contributed by atoms with E-state index in [1.54, 1.807) is 12.1 Å². The van der Waals surface area contributed by atoms with Gasteiger partial charge in [0.2, 0.25) is 0 Å². The van der Waals surface area contributed by atoms with Crippen LogP contribution in [0.4, 0.5) is 5.69 Å². The first kappa shape index (κ1) is 15.6. The van der Waals surface area contributed by atoms with E-state index in [2.05, 4.69) is 5.32 Å². The van der Waals surface area contributed by atoms with Gasteiger partial charge in [-0.25, -0.2) is 8.42 Å². The third-order valence-corrected chi connectivity index (χ3v) is 3.70. The molecule has 0 aliphatic carbocycles. The summed E-state index contributed by atoms with van der Waals surface area (Å²) in [5.41, 5.74) is 0.839. The van der Waals surface area contributed by atoms with Crippen LogP contribution in [0.3, 0.4) is 0 Å². The van der Waals surface area contributed by atoms with Gasteiger partial charge in [0.05, 0.1) is 10.7 Å². The van der Waals surface area contributed by atoms with Gasteiger partial charge >= 0.3 is 0 Å². The van der Waals surface area contributed by atoms with Crippen LogP contribution in [0.15, 0.2) is 24.3 Å². The molecule has 0 radical (unpaired) electrons. The quantitative estimate of drug-likeness (QED) is 0.608. The third kappa shape index (κ3) is 5.35. The topological polar surface area (TPSA) is 89.3 Å². The Hall–Kier alpha value is -1.47. The van der Waals surface area contributed by atoms with Gasteiger partial charge in [-0.1, -0.05) is 19.1 Å². The number of non-ortho nitro benzene ring substituents is 1. The maximum absolute atomic E-state index is 11.1. The molecule has 106 valence electrons. The molecule has 0 saturated carbocycles. The lowest BCUT2D eigenvalue weighted by molar-refractivity contribution is -0.384. The van der Waals surface area contributed by atoms with Crippen molar-refractivity contribution in [3.63, 3.8) is 0 Å². The molecule has 0 aliphatic rings. The highest BCUT2D eigenvalue weighted by Gasteiger charge is 2.13. The van der Waals surface area contributed by atoms with Crippen LogP contribution in [0, 0.1) is 10.1 Å². The van der Waals surface area contributed by atoms with Crippen molar-refractivity contribution < 1.29 is 13.3 Å². The summed E-state index contributed by atoms with van der Waals surface area (Å²) in [6.45, 7) is 2.27. The summed E-state index contributed by atoms with van der Waals surface area (Å²) < 4.78 is 22.1. The van der Waals surface area contributed by atoms with Crippen LogP contribution >= 0.6 is 0 Å². The molecule has 0 heterocycles. The summed E-state index contributed by atoms with van der Waals surface area (Å²) >= 11 is 0. The van der Waals surface area contributed by atoms with E-state index in [9.17, 15) is 18.5 Å². The monoisotopic (exact) mass is 286 g/mol. The van der Waals surface area contributed by atoms with E-state index in [1.807, 2.05) is 6.92 Å². The van der Waals surface area contributed by atoms with Crippen LogP contribution in [0.1, 0.15) is 24.9 Å². The van der Waals surface area contributed by atoms with E-state index in [0.29, 0.717) is 6.54 Å². The molecule has 0 bridgehead atoms. The molecule has 1 N–H and O–H groups in total. The molecule has 1 aromatic rings. The van der Waals surface area contributed by atoms with Gasteiger partial charge in [-0.05, 0) is 12.0 Å². The Bertz CT molecular complexity index is 542. The minimum Gasteiger partial charge on any atom is -0.309 e. The molecule has 6 nitrogen and oxygen atoms in total. The number of hydrogen-bond donors (Lipinski definition) is 1. The number of nitro benzene ring substituents is 1. The lowest BCUT2D eigenvalue weighted by Crippen LogP contribution is -2.26. The van der Waals surface area contributed by atoms with Crippen LogP contribution in [0.2, 0.25) is 0 Å². The van der Waals surface area contributed by atoms with Crippen molar-refractivity contribution in [2.45, 2.75) is 19.4 Å². The third-order valence-electron chi connectivity index (χ3n) is 2.76. The first-order chi connectivity index (χ1) is 8.83. The number of hydrogen-bond acceptors (Lipinski definition) is 5. The van der Waals surface area contributed by atoms with Gasteiger partial charge in [-0.3, -0.25) is 10.1 Å². The largest absolute Gasteiger partial charge is 0.309 e. The van der Waals surface area contributed by atoms with E-state index < -0.39 is 14.8 Å². The van der Waals surface area contributed by atoms with Crippen molar-refractivity contribution in [2.75, 3.05) is 18.6 Å². The van der Waals surface area contributed by atoms with Gasteiger partial charge < -0.3 is 5.32 Å². The predicted octanol–water partition coefficient (Wildman–Crippen LogP) is 1.68. The van der Waals surface area contributed by atoms with Crippen LogP contribution < -0.4 is 5.32 Å². The smallest absolute Gasteiger partial charge is 0.269 e. The molecular formula is C12H18N2O4S. The standard InChI is InChI=1S/C12H18N2O4S/c1-3-12(13-7-8-19(2,17)18)10-5-4-6-11(9-10)14(15)16/h4-6,9,12-13H,3,7-8H2,1-2H3. The lowest BCUT2D eigenvalue weighted by atomic mass is 10.0. The Labute approximate surface area is 112 Å². The Morgan fingerprint density at radius 1 is 1.42 bits per heavy atom. The molecule has 1 aromatic carbocycles. The maximum Gasteiger partial charge on any atom is 0.269 e. The summed E-state index contributed by atoms with van der Waals surface area (Å²) in [7, 11) is -3.00. The minimum atomic E-state index is -3.00. The zero-order valence-electron chi connectivity index (χ0n) is 11.0. The second-order valence-corrected chi connectivity index (χ2v) is 6.66. The van der Waals surface area contributed by atoms with Gasteiger partial charge in [-0.2, -0.15) is 0 Å². The van der Waals surface area contributed by atoms with Crippen LogP contribution in [-0.4, -0.2) is 31.9 Å². The summed E-state index contributed by atoms with van der Waals surface area (Å²) in [6.07, 6.45) is 1.91. The van der Waals surface area contributed by atoms with Gasteiger partial charge in [0.1, 0.15) is 9.84 Å². The molecule has 0 saturated heterocycles. The van der Waals surface area contributed by atoms with Crippen molar-refractivity contribution in [2.24, 2.45) is 0 Å². The fraction of sp³-hybridized carbons (Fsp3) is 0.500. The fourth-order valence-corrected chi connectivity index (χ4v) is 2.26. The predicted molar refractivity (Wildman–Crippen MR) is 73.8 cm³/mol. The van der Waals surface area contributed by atoms with E-state index >= 15 is 0 Å². The summed E-state index contributed by atoms with van der Waals surface area (Å²) in [6, 6.07) is 6.30. The number of sulfone groups is 1. The molecule has 19 heavy (non-hydrogen) atoms. The van der Waals surface area contributed by atoms with Gasteiger partial charge in [0.25, 0.3) is 5.69 Å². The highest BCUT2D eigenvalue weighted by atomic mass is 32.2. The highest BCUT2D eigenvalue weighted by Crippen LogP contribution is 2.21. The van der Waals surface area contributed by atoms with Crippen molar-refractivity contribution in [1.29, 1.82) is 0 Å². The van der Waals surface area contributed by atoms with Crippen molar-refractivity contribution in [3.05, 3.63) is 39.9 Å². The zero-order valence-corrected chi connectivity index (χ0v) is 11.8. The fourth-order valence-electron chi connectivity index (χ4n) is 1.77. The molecule has 7 heteroatoms. The zero-order chi connectivity index (χ0) is 14.5. The summed E-state index contributed by atoms with van der Waals surface area (Å²) in [4.78, 5) is 10.3. The average Bonchev–Trinajstić information content (AvgIpc) is 2.33. The Balaban J connectivity index is 2.74. The average molecular weight is 286 g/mol. The van der Waals surface area contributed by atoms with Crippen LogP contribution in [0.5, 0.6) is 0 Å². The van der Waals surface area contributed by atoms with Gasteiger partial charge in [0.15, 0.2) is 0 Å². The van der Waals surface area contributed by atoms with E-state index in [-0.39, 0.29) is 17.5 Å². The highest BCUT2D eigenvalue weighted by molar-refractivity contribution is 7.90. The Morgan fingerprint density at radius 3 is 2.63 bits per heavy atom. The molecule has 0 aromatic heterocycles. The number of rotatable bonds is 7. The first-order valence-electron chi connectivity index (χ1n) is 5.99.